The molecule has 4 saturated carbocycles. The Morgan fingerprint density at radius 1 is 0.603 bits per heavy atom. The molecule has 0 aromatic rings. The molecule has 4 saturated heterocycles. The average Bonchev–Trinajstić information content (AvgIpc) is 3.52. The molecule has 8 fully saturated rings. The van der Waals surface area contributed by atoms with E-state index in [9.17, 15) is 76.3 Å². The molecule has 4 aliphatic heterocycles. The molecular formula is C44H71NO23. The predicted octanol–water partition coefficient (Wildman–Crippen LogP) is -6.03. The number of carbonyl (C=O) groups is 1. The van der Waals surface area contributed by atoms with Crippen LogP contribution in [0, 0.1) is 22.2 Å². The van der Waals surface area contributed by atoms with E-state index in [0.717, 1.165) is 0 Å². The summed E-state index contributed by atoms with van der Waals surface area (Å²) in [6, 6.07) is 0. The third-order valence-electron chi connectivity index (χ3n) is 17.5. The number of fused-ring (bicyclic) bond motifs is 3. The summed E-state index contributed by atoms with van der Waals surface area (Å²) in [5.41, 5.74) is 3.29. The van der Waals surface area contributed by atoms with Gasteiger partial charge in [-0.1, -0.05) is 19.9 Å². The van der Waals surface area contributed by atoms with Crippen LogP contribution in [0.4, 0.5) is 0 Å². The highest BCUT2D eigenvalue weighted by Crippen LogP contribution is 2.74. The van der Waals surface area contributed by atoms with Crippen molar-refractivity contribution in [2.45, 2.75) is 206 Å². The predicted molar refractivity (Wildman–Crippen MR) is 222 cm³/mol. The molecule has 0 unspecified atom stereocenters. The summed E-state index contributed by atoms with van der Waals surface area (Å²) in [7, 11) is 0. The van der Waals surface area contributed by atoms with Gasteiger partial charge in [-0.15, -0.1) is 0 Å². The molecule has 8 rings (SSSR count). The van der Waals surface area contributed by atoms with E-state index in [1.807, 2.05) is 0 Å². The quantitative estimate of drug-likeness (QED) is 0.0492. The number of nitrogens with two attached hydrogens (primary N) is 1. The van der Waals surface area contributed by atoms with Crippen molar-refractivity contribution in [1.82, 2.24) is 0 Å². The Kier molecular flexibility index (Phi) is 14.9. The second kappa shape index (κ2) is 19.3. The SMILES string of the molecule is C=C1C[C@@]23CC[C@]4(N)[C@](C)(C(=O)O[C@@H]5O[C@H](CO)[C@@H](O)[C@H](O)[C@H]5O)CCC[C@@]4(C)[C@@H]2CC[C@]1(O[C@@H]1O[C@H](CO)[C@@H](O)[C@H](O[C@@H]2O[C@H](CO)[C@@H](O)[C@H](O)[C@H]2O)[C@H]1O[C@@H]1O[C@H](CO)[C@@H](O)[C@H](O)[C@H]1O)C3. The Morgan fingerprint density at radius 3 is 1.60 bits per heavy atom. The molecular weight excluding hydrogens is 910 g/mol. The Morgan fingerprint density at radius 2 is 1.07 bits per heavy atom. The fourth-order valence-corrected chi connectivity index (χ4v) is 13.5. The van der Waals surface area contributed by atoms with Gasteiger partial charge >= 0.3 is 5.97 Å². The lowest BCUT2D eigenvalue weighted by atomic mass is 9.37. The molecule has 2 bridgehead atoms. The largest absolute Gasteiger partial charge is 0.432 e. The van der Waals surface area contributed by atoms with Crippen LogP contribution >= 0.6 is 0 Å². The Bertz CT molecular complexity index is 1810. The van der Waals surface area contributed by atoms with E-state index in [1.165, 1.54) is 0 Å². The maximum Gasteiger partial charge on any atom is 0.316 e. The molecule has 4 aliphatic carbocycles. The summed E-state index contributed by atoms with van der Waals surface area (Å²) in [5, 5.41) is 148. The Balaban J connectivity index is 1.08. The molecule has 24 nitrogen and oxygen atoms in total. The van der Waals surface area contributed by atoms with Crippen LogP contribution in [0.5, 0.6) is 0 Å². The fraction of sp³-hybridized carbons (Fsp3) is 0.932. The zero-order valence-corrected chi connectivity index (χ0v) is 38.0. The minimum Gasteiger partial charge on any atom is -0.432 e. The fourth-order valence-electron chi connectivity index (χ4n) is 13.5. The van der Waals surface area contributed by atoms with Crippen LogP contribution in [-0.4, -0.2) is 238 Å². The first-order chi connectivity index (χ1) is 32.0. The van der Waals surface area contributed by atoms with Gasteiger partial charge in [-0.25, -0.2) is 0 Å². The van der Waals surface area contributed by atoms with Crippen LogP contribution < -0.4 is 5.73 Å². The lowest BCUT2D eigenvalue weighted by Gasteiger charge is -2.69. The first-order valence-electron chi connectivity index (χ1n) is 23.5. The van der Waals surface area contributed by atoms with Crippen molar-refractivity contribution in [2.75, 3.05) is 26.4 Å². The van der Waals surface area contributed by atoms with E-state index in [0.29, 0.717) is 63.4 Å². The Labute approximate surface area is 391 Å². The summed E-state index contributed by atoms with van der Waals surface area (Å²) in [6.07, 6.45) is -30.7. The van der Waals surface area contributed by atoms with Crippen LogP contribution in [0.3, 0.4) is 0 Å². The van der Waals surface area contributed by atoms with E-state index in [2.05, 4.69) is 13.5 Å². The van der Waals surface area contributed by atoms with Crippen molar-refractivity contribution in [3.8, 4) is 0 Å². The molecule has 8 aliphatic rings. The number of ether oxygens (including phenoxy) is 8. The lowest BCUT2D eigenvalue weighted by Crippen LogP contribution is -2.75. The third-order valence-corrected chi connectivity index (χ3v) is 17.5. The molecule has 68 heavy (non-hydrogen) atoms. The van der Waals surface area contributed by atoms with Gasteiger partial charge in [0, 0.05) is 5.54 Å². The van der Waals surface area contributed by atoms with E-state index in [4.69, 9.17) is 43.6 Å². The lowest BCUT2D eigenvalue weighted by molar-refractivity contribution is -0.400. The summed E-state index contributed by atoms with van der Waals surface area (Å²) in [6.45, 7) is 5.10. The van der Waals surface area contributed by atoms with E-state index < -0.39 is 183 Å². The van der Waals surface area contributed by atoms with E-state index in [-0.39, 0.29) is 5.92 Å². The number of carbonyl (C=O) groups excluding carboxylic acids is 1. The van der Waals surface area contributed by atoms with Gasteiger partial charge in [0.2, 0.25) is 6.29 Å². The maximum absolute atomic E-state index is 14.4. The number of rotatable bonds is 12. The molecule has 26 atom stereocenters. The second-order valence-electron chi connectivity index (χ2n) is 21.0. The van der Waals surface area contributed by atoms with Crippen molar-refractivity contribution in [3.63, 3.8) is 0 Å². The molecule has 0 radical (unpaired) electrons. The van der Waals surface area contributed by atoms with Gasteiger partial charge in [-0.05, 0) is 80.6 Å². The van der Waals surface area contributed by atoms with Crippen LogP contribution in [-0.2, 0) is 42.7 Å². The first kappa shape index (κ1) is 52.6. The van der Waals surface area contributed by atoms with E-state index >= 15 is 0 Å². The Hall–Kier alpha value is -1.67. The van der Waals surface area contributed by atoms with Crippen LogP contribution in [0.1, 0.15) is 71.6 Å². The number of esters is 1. The molecule has 24 heteroatoms. The second-order valence-corrected chi connectivity index (χ2v) is 21.0. The van der Waals surface area contributed by atoms with Crippen molar-refractivity contribution >= 4 is 5.97 Å². The number of hydrogen-bond donors (Lipinski definition) is 15. The molecule has 390 valence electrons. The first-order valence-corrected chi connectivity index (χ1v) is 23.5. The summed E-state index contributed by atoms with van der Waals surface area (Å²) < 4.78 is 48.2. The normalized spacial score (nSPS) is 55.0. The third kappa shape index (κ3) is 8.20. The summed E-state index contributed by atoms with van der Waals surface area (Å²) >= 11 is 0. The van der Waals surface area contributed by atoms with Gasteiger partial charge in [0.1, 0.15) is 97.7 Å². The van der Waals surface area contributed by atoms with Gasteiger partial charge in [0.25, 0.3) is 0 Å². The van der Waals surface area contributed by atoms with Crippen LogP contribution in [0.15, 0.2) is 12.2 Å². The highest BCUT2D eigenvalue weighted by atomic mass is 16.8. The zero-order valence-electron chi connectivity index (χ0n) is 38.0. The number of hydrogen-bond acceptors (Lipinski definition) is 24. The van der Waals surface area contributed by atoms with Gasteiger partial charge < -0.3 is 115 Å². The number of aliphatic hydroxyl groups is 14. The van der Waals surface area contributed by atoms with Gasteiger partial charge in [0.05, 0.1) is 37.4 Å². The monoisotopic (exact) mass is 981 g/mol. The zero-order chi connectivity index (χ0) is 49.6. The minimum absolute atomic E-state index is 0.132. The van der Waals surface area contributed by atoms with Crippen molar-refractivity contribution < 1.29 is 114 Å². The van der Waals surface area contributed by atoms with Crippen molar-refractivity contribution in [2.24, 2.45) is 27.9 Å². The van der Waals surface area contributed by atoms with Gasteiger partial charge in [-0.2, -0.15) is 0 Å². The average molecular weight is 982 g/mol. The van der Waals surface area contributed by atoms with E-state index in [1.54, 1.807) is 6.92 Å². The number of aliphatic hydroxyl groups excluding tert-OH is 14. The standard InChI is InChI=1S/C44H71NO23/c1-17-11-42-9-10-44(45)40(2,6-4-7-41(44,3)39(60)67-37-32(59)29(56)25(52)20(14-48)63-37)22(42)5-8-43(17,16-42)68-38-34(66-36-31(58)28(55)24(51)19(13-47)62-36)33(26(53)21(15-49)64-38)65-35-30(57)27(54)23(50)18(12-46)61-35/h18-38,46-59H,1,4-16,45H2,2-3H3/t18-,19-,20-,21-,22+,23-,24-,25-,26-,27+,28+,29+,30-,31-,32-,33+,34-,35+,36+,37+,38+,40+,41+,42-,43+,44-/m1/s1. The smallest absolute Gasteiger partial charge is 0.316 e. The molecule has 16 N–H and O–H groups in total. The maximum atomic E-state index is 14.4. The van der Waals surface area contributed by atoms with Gasteiger partial charge in [-0.3, -0.25) is 4.79 Å². The topological polar surface area (TPSA) is 400 Å². The van der Waals surface area contributed by atoms with Crippen LogP contribution in [0.25, 0.3) is 0 Å². The summed E-state index contributed by atoms with van der Waals surface area (Å²) in [5.74, 6) is -0.899. The molecule has 4 heterocycles. The highest BCUT2D eigenvalue weighted by molar-refractivity contribution is 5.79. The van der Waals surface area contributed by atoms with Gasteiger partial charge in [0.15, 0.2) is 18.9 Å². The van der Waals surface area contributed by atoms with Crippen molar-refractivity contribution in [3.05, 3.63) is 12.2 Å². The molecule has 0 amide bonds. The molecule has 0 aromatic heterocycles. The molecule has 1 spiro atoms. The van der Waals surface area contributed by atoms with Crippen LogP contribution in [0.2, 0.25) is 0 Å². The molecule has 0 aromatic carbocycles. The minimum atomic E-state index is -1.97. The summed E-state index contributed by atoms with van der Waals surface area (Å²) in [4.78, 5) is 14.4. The highest BCUT2D eigenvalue weighted by Gasteiger charge is 2.74. The van der Waals surface area contributed by atoms with Crippen molar-refractivity contribution in [1.29, 1.82) is 0 Å².